The molecule has 12 heavy (non-hydrogen) atoms. The highest BCUT2D eigenvalue weighted by molar-refractivity contribution is 5.53. The summed E-state index contributed by atoms with van der Waals surface area (Å²) in [5, 5.41) is 0. The van der Waals surface area contributed by atoms with E-state index < -0.39 is 0 Å². The summed E-state index contributed by atoms with van der Waals surface area (Å²) in [5.74, 6) is 1.74. The molecule has 0 N–H and O–H groups in total. The summed E-state index contributed by atoms with van der Waals surface area (Å²) in [7, 11) is 0. The van der Waals surface area contributed by atoms with Crippen LogP contribution in [0.15, 0.2) is 0 Å². The molecule has 1 heteroatoms. The first-order chi connectivity index (χ1) is 5.60. The number of carbonyl (C=O) groups is 1. The molecule has 0 aromatic heterocycles. The molecule has 0 aliphatic rings. The molecule has 0 heterocycles. The van der Waals surface area contributed by atoms with E-state index in [-0.39, 0.29) is 0 Å². The predicted octanol–water partition coefficient (Wildman–Crippen LogP) is 3.28. The molecule has 0 aromatic carbocycles. The Labute approximate surface area is 76.6 Å². The van der Waals surface area contributed by atoms with Gasteiger partial charge in [0.2, 0.25) is 0 Å². The molecule has 0 rings (SSSR count). The molecule has 0 radical (unpaired) electrons. The van der Waals surface area contributed by atoms with Gasteiger partial charge < -0.3 is 4.79 Å². The van der Waals surface area contributed by atoms with Gasteiger partial charge in [0.1, 0.15) is 6.29 Å². The normalized spacial score (nSPS) is 16.1. The fourth-order valence-corrected chi connectivity index (χ4v) is 1.74. The van der Waals surface area contributed by atoms with E-state index in [4.69, 9.17) is 0 Å². The van der Waals surface area contributed by atoms with E-state index in [1.165, 1.54) is 6.42 Å². The third-order valence-corrected chi connectivity index (χ3v) is 2.30. The van der Waals surface area contributed by atoms with Crippen molar-refractivity contribution in [2.75, 3.05) is 0 Å². The van der Waals surface area contributed by atoms with Crippen molar-refractivity contribution < 1.29 is 4.79 Å². The maximum Gasteiger partial charge on any atom is 0.123 e. The summed E-state index contributed by atoms with van der Waals surface area (Å²) >= 11 is 0. The van der Waals surface area contributed by atoms with Gasteiger partial charge in [-0.05, 0) is 31.1 Å². The van der Waals surface area contributed by atoms with E-state index in [0.29, 0.717) is 11.8 Å². The van der Waals surface area contributed by atoms with Gasteiger partial charge in [-0.2, -0.15) is 0 Å². The second kappa shape index (κ2) is 6.22. The lowest BCUT2D eigenvalue weighted by atomic mass is 9.89. The molecule has 0 bridgehead atoms. The lowest BCUT2D eigenvalue weighted by Crippen LogP contribution is -2.08. The van der Waals surface area contributed by atoms with E-state index in [0.717, 1.165) is 25.0 Å². The van der Waals surface area contributed by atoms with Gasteiger partial charge in [0.25, 0.3) is 0 Å². The first-order valence-corrected chi connectivity index (χ1v) is 5.05. The first-order valence-electron chi connectivity index (χ1n) is 5.05. The van der Waals surface area contributed by atoms with E-state index in [1.54, 1.807) is 0 Å². The monoisotopic (exact) mass is 170 g/mol. The minimum absolute atomic E-state index is 0.291. The average Bonchev–Trinajstić information content (AvgIpc) is 1.98. The first kappa shape index (κ1) is 11.7. The van der Waals surface area contributed by atoms with Crippen LogP contribution in [-0.2, 0) is 4.79 Å². The molecular formula is C11H22O. The predicted molar refractivity (Wildman–Crippen MR) is 53.1 cm³/mol. The van der Waals surface area contributed by atoms with Crippen molar-refractivity contribution in [2.24, 2.45) is 17.8 Å². The van der Waals surface area contributed by atoms with Crippen LogP contribution in [0.2, 0.25) is 0 Å². The third-order valence-electron chi connectivity index (χ3n) is 2.30. The van der Waals surface area contributed by atoms with Gasteiger partial charge in [0.05, 0.1) is 0 Å². The minimum atomic E-state index is 0.291. The van der Waals surface area contributed by atoms with Crippen molar-refractivity contribution >= 4 is 6.29 Å². The van der Waals surface area contributed by atoms with Crippen molar-refractivity contribution in [1.29, 1.82) is 0 Å². The Morgan fingerprint density at radius 3 is 2.08 bits per heavy atom. The van der Waals surface area contributed by atoms with Crippen LogP contribution < -0.4 is 0 Å². The zero-order chi connectivity index (χ0) is 9.56. The molecule has 0 aromatic rings. The van der Waals surface area contributed by atoms with Gasteiger partial charge in [-0.25, -0.2) is 0 Å². The number of aldehydes is 1. The topological polar surface area (TPSA) is 17.1 Å². The van der Waals surface area contributed by atoms with Crippen molar-refractivity contribution in [3.8, 4) is 0 Å². The van der Waals surface area contributed by atoms with Crippen LogP contribution in [0.1, 0.15) is 47.0 Å². The molecule has 72 valence electrons. The third kappa shape index (κ3) is 5.34. The number of hydrogen-bond donors (Lipinski definition) is 0. The molecule has 0 saturated heterocycles. The van der Waals surface area contributed by atoms with Crippen molar-refractivity contribution in [3.63, 3.8) is 0 Å². The summed E-state index contributed by atoms with van der Waals surface area (Å²) < 4.78 is 0. The highest BCUT2D eigenvalue weighted by Gasteiger charge is 2.11. The zero-order valence-corrected chi connectivity index (χ0v) is 8.84. The SMILES string of the molecule is CCC(C=O)CC(C)CC(C)C. The number of hydrogen-bond acceptors (Lipinski definition) is 1. The summed E-state index contributed by atoms with van der Waals surface area (Å²) in [4.78, 5) is 10.6. The van der Waals surface area contributed by atoms with Crippen molar-refractivity contribution in [1.82, 2.24) is 0 Å². The lowest BCUT2D eigenvalue weighted by molar-refractivity contribution is -0.111. The van der Waals surface area contributed by atoms with Crippen LogP contribution in [0.3, 0.4) is 0 Å². The highest BCUT2D eigenvalue weighted by atomic mass is 16.1. The Balaban J connectivity index is 3.65. The average molecular weight is 170 g/mol. The molecule has 0 amide bonds. The quantitative estimate of drug-likeness (QED) is 0.559. The highest BCUT2D eigenvalue weighted by Crippen LogP contribution is 2.20. The van der Waals surface area contributed by atoms with Crippen LogP contribution >= 0.6 is 0 Å². The lowest BCUT2D eigenvalue weighted by Gasteiger charge is -2.16. The Bertz CT molecular complexity index is 118. The van der Waals surface area contributed by atoms with Crippen molar-refractivity contribution in [3.05, 3.63) is 0 Å². The van der Waals surface area contributed by atoms with Crippen LogP contribution in [0.5, 0.6) is 0 Å². The molecule has 0 saturated carbocycles. The number of carbonyl (C=O) groups excluding carboxylic acids is 1. The summed E-state index contributed by atoms with van der Waals surface area (Å²) in [6, 6.07) is 0. The minimum Gasteiger partial charge on any atom is -0.303 e. The van der Waals surface area contributed by atoms with Gasteiger partial charge in [0, 0.05) is 5.92 Å². The second-order valence-electron chi connectivity index (χ2n) is 4.27. The van der Waals surface area contributed by atoms with E-state index >= 15 is 0 Å². The Morgan fingerprint density at radius 2 is 1.75 bits per heavy atom. The van der Waals surface area contributed by atoms with E-state index in [9.17, 15) is 4.79 Å². The van der Waals surface area contributed by atoms with Crippen LogP contribution in [0.25, 0.3) is 0 Å². The fraction of sp³-hybridized carbons (Fsp3) is 0.909. The molecule has 2 atom stereocenters. The zero-order valence-electron chi connectivity index (χ0n) is 8.84. The Kier molecular flexibility index (Phi) is 6.04. The van der Waals surface area contributed by atoms with Crippen LogP contribution in [0.4, 0.5) is 0 Å². The van der Waals surface area contributed by atoms with Gasteiger partial charge in [0.15, 0.2) is 0 Å². The summed E-state index contributed by atoms with van der Waals surface area (Å²) in [5.41, 5.74) is 0. The van der Waals surface area contributed by atoms with E-state index in [2.05, 4.69) is 27.7 Å². The maximum absolute atomic E-state index is 10.6. The molecule has 0 aliphatic heterocycles. The largest absolute Gasteiger partial charge is 0.303 e. The summed E-state index contributed by atoms with van der Waals surface area (Å²) in [6.07, 6.45) is 4.41. The molecule has 1 nitrogen and oxygen atoms in total. The maximum atomic E-state index is 10.6. The van der Waals surface area contributed by atoms with Gasteiger partial charge in [-0.3, -0.25) is 0 Å². The fourth-order valence-electron chi connectivity index (χ4n) is 1.74. The van der Waals surface area contributed by atoms with E-state index in [1.807, 2.05) is 0 Å². The van der Waals surface area contributed by atoms with Crippen molar-refractivity contribution in [2.45, 2.75) is 47.0 Å². The molecule has 0 aliphatic carbocycles. The smallest absolute Gasteiger partial charge is 0.123 e. The molecular weight excluding hydrogens is 148 g/mol. The second-order valence-corrected chi connectivity index (χ2v) is 4.27. The van der Waals surface area contributed by atoms with Gasteiger partial charge >= 0.3 is 0 Å². The van der Waals surface area contributed by atoms with Gasteiger partial charge in [-0.15, -0.1) is 0 Å². The Hall–Kier alpha value is -0.330. The molecule has 0 fully saturated rings. The molecule has 2 unspecified atom stereocenters. The van der Waals surface area contributed by atoms with Gasteiger partial charge in [-0.1, -0.05) is 27.7 Å². The van der Waals surface area contributed by atoms with Crippen LogP contribution in [0, 0.1) is 17.8 Å². The summed E-state index contributed by atoms with van der Waals surface area (Å²) in [6.45, 7) is 8.80. The molecule has 0 spiro atoms. The standard InChI is InChI=1S/C11H22O/c1-5-11(8-12)7-10(4)6-9(2)3/h8-11H,5-7H2,1-4H3. The Morgan fingerprint density at radius 1 is 1.17 bits per heavy atom. The van der Waals surface area contributed by atoms with Crippen LogP contribution in [-0.4, -0.2) is 6.29 Å². The number of rotatable bonds is 6.